The van der Waals surface area contributed by atoms with E-state index in [-0.39, 0.29) is 12.1 Å². The zero-order valence-corrected chi connectivity index (χ0v) is 13.2. The molecule has 114 valence electrons. The van der Waals surface area contributed by atoms with Crippen molar-refractivity contribution in [2.24, 2.45) is 5.84 Å². The molecule has 0 amide bonds. The fourth-order valence-corrected chi connectivity index (χ4v) is 2.52. The van der Waals surface area contributed by atoms with Crippen molar-refractivity contribution >= 4 is 0 Å². The number of nitrogens with two attached hydrogens (primary N) is 1. The van der Waals surface area contributed by atoms with Crippen LogP contribution in [0.3, 0.4) is 0 Å². The maximum absolute atomic E-state index is 5.82. The van der Waals surface area contributed by atoms with Crippen LogP contribution in [-0.2, 0) is 0 Å². The summed E-state index contributed by atoms with van der Waals surface area (Å²) in [6, 6.07) is 4.01. The zero-order chi connectivity index (χ0) is 15.6. The van der Waals surface area contributed by atoms with Gasteiger partial charge < -0.3 is 4.74 Å². The molecule has 0 fully saturated rings. The van der Waals surface area contributed by atoms with Gasteiger partial charge in [0.15, 0.2) is 5.75 Å². The minimum absolute atomic E-state index is 0.207. The van der Waals surface area contributed by atoms with E-state index in [0.29, 0.717) is 5.75 Å². The molecule has 0 aliphatic carbocycles. The second-order valence-corrected chi connectivity index (χ2v) is 5.36. The molecule has 0 spiro atoms. The number of aryl methyl sites for hydroxylation is 2. The van der Waals surface area contributed by atoms with Crippen LogP contribution in [0.4, 0.5) is 0 Å². The molecule has 0 saturated heterocycles. The van der Waals surface area contributed by atoms with E-state index in [1.54, 1.807) is 13.3 Å². The molecule has 2 heterocycles. The Bertz CT molecular complexity index is 621. The van der Waals surface area contributed by atoms with Crippen LogP contribution in [0.15, 0.2) is 18.3 Å². The highest BCUT2D eigenvalue weighted by Crippen LogP contribution is 2.32. The average Bonchev–Trinajstić information content (AvgIpc) is 2.86. The molecule has 2 aromatic heterocycles. The summed E-state index contributed by atoms with van der Waals surface area (Å²) in [5, 5.41) is 4.40. The molecule has 1 atom stereocenters. The number of hydrazine groups is 1. The zero-order valence-electron chi connectivity index (χ0n) is 13.2. The Morgan fingerprint density at radius 2 is 2.00 bits per heavy atom. The van der Waals surface area contributed by atoms with E-state index >= 15 is 0 Å². The number of ether oxygens (including phenoxy) is 1. The molecular formula is C15H23N5O. The number of nitrogens with zero attached hydrogens (tertiary/aromatic N) is 3. The maximum atomic E-state index is 5.82. The van der Waals surface area contributed by atoms with Crippen molar-refractivity contribution in [3.8, 4) is 5.75 Å². The molecule has 0 aromatic carbocycles. The van der Waals surface area contributed by atoms with E-state index in [0.717, 1.165) is 22.6 Å². The largest absolute Gasteiger partial charge is 0.493 e. The molecule has 2 rings (SSSR count). The molecule has 6 heteroatoms. The molecular weight excluding hydrogens is 266 g/mol. The van der Waals surface area contributed by atoms with Gasteiger partial charge in [0.2, 0.25) is 0 Å². The predicted molar refractivity (Wildman–Crippen MR) is 82.0 cm³/mol. The third kappa shape index (κ3) is 2.91. The highest BCUT2D eigenvalue weighted by molar-refractivity contribution is 5.38. The molecule has 0 bridgehead atoms. The fraction of sp³-hybridized carbons (Fsp3) is 0.467. The van der Waals surface area contributed by atoms with Crippen LogP contribution in [0, 0.1) is 13.8 Å². The van der Waals surface area contributed by atoms with Crippen LogP contribution >= 0.6 is 0 Å². The SMILES string of the molecule is COc1cnn(C(C)C)c1C(NN)c1ccc(C)nc1C. The van der Waals surface area contributed by atoms with Crippen molar-refractivity contribution in [1.82, 2.24) is 20.2 Å². The van der Waals surface area contributed by atoms with Crippen molar-refractivity contribution in [2.45, 2.75) is 39.8 Å². The number of aromatic nitrogens is 3. The van der Waals surface area contributed by atoms with Crippen molar-refractivity contribution in [3.05, 3.63) is 41.0 Å². The number of hydrogen-bond acceptors (Lipinski definition) is 5. The first-order valence-electron chi connectivity index (χ1n) is 7.01. The Morgan fingerprint density at radius 3 is 2.52 bits per heavy atom. The summed E-state index contributed by atoms with van der Waals surface area (Å²) >= 11 is 0. The van der Waals surface area contributed by atoms with Gasteiger partial charge in [-0.3, -0.25) is 15.5 Å². The first kappa shape index (κ1) is 15.5. The van der Waals surface area contributed by atoms with Gasteiger partial charge in [-0.25, -0.2) is 5.43 Å². The lowest BCUT2D eigenvalue weighted by Crippen LogP contribution is -2.32. The summed E-state index contributed by atoms with van der Waals surface area (Å²) < 4.78 is 7.36. The van der Waals surface area contributed by atoms with Crippen LogP contribution in [0.5, 0.6) is 5.75 Å². The number of nitrogens with one attached hydrogen (secondary N) is 1. The fourth-order valence-electron chi connectivity index (χ4n) is 2.52. The van der Waals surface area contributed by atoms with Gasteiger partial charge in [-0.05, 0) is 39.3 Å². The number of hydrogen-bond donors (Lipinski definition) is 2. The van der Waals surface area contributed by atoms with Crippen LogP contribution in [0.25, 0.3) is 0 Å². The second-order valence-electron chi connectivity index (χ2n) is 5.36. The van der Waals surface area contributed by atoms with E-state index in [1.807, 2.05) is 30.7 Å². The van der Waals surface area contributed by atoms with E-state index in [1.165, 1.54) is 0 Å². The summed E-state index contributed by atoms with van der Waals surface area (Å²) in [6.07, 6.45) is 1.72. The number of rotatable bonds is 5. The van der Waals surface area contributed by atoms with Gasteiger partial charge in [-0.1, -0.05) is 6.07 Å². The molecule has 6 nitrogen and oxygen atoms in total. The molecule has 0 saturated carbocycles. The summed E-state index contributed by atoms with van der Waals surface area (Å²) in [5.41, 5.74) is 6.72. The maximum Gasteiger partial charge on any atom is 0.161 e. The Balaban J connectivity index is 2.58. The topological polar surface area (TPSA) is 78.0 Å². The molecule has 0 aliphatic rings. The summed E-state index contributed by atoms with van der Waals surface area (Å²) in [4.78, 5) is 4.52. The van der Waals surface area contributed by atoms with E-state index < -0.39 is 0 Å². The van der Waals surface area contributed by atoms with Crippen molar-refractivity contribution in [2.75, 3.05) is 7.11 Å². The van der Waals surface area contributed by atoms with Crippen LogP contribution < -0.4 is 16.0 Å². The summed E-state index contributed by atoms with van der Waals surface area (Å²) in [5.74, 6) is 6.54. The van der Waals surface area contributed by atoms with Crippen molar-refractivity contribution < 1.29 is 4.74 Å². The number of pyridine rings is 1. The third-order valence-corrected chi connectivity index (χ3v) is 3.52. The van der Waals surface area contributed by atoms with Crippen LogP contribution in [0.2, 0.25) is 0 Å². The van der Waals surface area contributed by atoms with Crippen LogP contribution in [0.1, 0.15) is 48.6 Å². The van der Waals surface area contributed by atoms with Gasteiger partial charge in [0, 0.05) is 17.4 Å². The summed E-state index contributed by atoms with van der Waals surface area (Å²) in [7, 11) is 1.64. The Hall–Kier alpha value is -1.92. The van der Waals surface area contributed by atoms with Crippen LogP contribution in [-0.4, -0.2) is 21.9 Å². The molecule has 0 radical (unpaired) electrons. The Kier molecular flexibility index (Phi) is 4.59. The van der Waals surface area contributed by atoms with Gasteiger partial charge in [-0.15, -0.1) is 0 Å². The Labute approximate surface area is 125 Å². The average molecular weight is 289 g/mol. The highest BCUT2D eigenvalue weighted by Gasteiger charge is 2.25. The normalized spacial score (nSPS) is 12.7. The molecule has 1 unspecified atom stereocenters. The van der Waals surface area contributed by atoms with Gasteiger partial charge in [0.25, 0.3) is 0 Å². The van der Waals surface area contributed by atoms with E-state index in [4.69, 9.17) is 10.6 Å². The quantitative estimate of drug-likeness (QED) is 0.650. The monoisotopic (exact) mass is 289 g/mol. The molecule has 21 heavy (non-hydrogen) atoms. The predicted octanol–water partition coefficient (Wildman–Crippen LogP) is 2.04. The van der Waals surface area contributed by atoms with Gasteiger partial charge in [-0.2, -0.15) is 5.10 Å². The lowest BCUT2D eigenvalue weighted by Gasteiger charge is -2.22. The molecule has 3 N–H and O–H groups in total. The van der Waals surface area contributed by atoms with E-state index in [9.17, 15) is 0 Å². The lowest BCUT2D eigenvalue weighted by molar-refractivity contribution is 0.394. The smallest absolute Gasteiger partial charge is 0.161 e. The van der Waals surface area contributed by atoms with E-state index in [2.05, 4.69) is 29.4 Å². The minimum atomic E-state index is -0.224. The minimum Gasteiger partial charge on any atom is -0.493 e. The van der Waals surface area contributed by atoms with Gasteiger partial charge in [0.05, 0.1) is 19.3 Å². The lowest BCUT2D eigenvalue weighted by atomic mass is 10.0. The van der Waals surface area contributed by atoms with Crippen molar-refractivity contribution in [3.63, 3.8) is 0 Å². The first-order valence-corrected chi connectivity index (χ1v) is 7.01. The van der Waals surface area contributed by atoms with Gasteiger partial charge >= 0.3 is 0 Å². The summed E-state index contributed by atoms with van der Waals surface area (Å²) in [6.45, 7) is 8.10. The van der Waals surface area contributed by atoms with Crippen molar-refractivity contribution in [1.29, 1.82) is 0 Å². The van der Waals surface area contributed by atoms with Gasteiger partial charge in [0.1, 0.15) is 5.69 Å². The third-order valence-electron chi connectivity index (χ3n) is 3.52. The first-order chi connectivity index (χ1) is 9.99. The molecule has 0 aliphatic heterocycles. The Morgan fingerprint density at radius 1 is 1.29 bits per heavy atom. The standard InChI is InChI=1S/C15H23N5O/c1-9(2)20-15(13(21-5)8-17-20)14(19-16)12-7-6-10(3)18-11(12)4/h6-9,14,19H,16H2,1-5H3. The molecule has 2 aromatic rings. The number of methoxy groups -OCH3 is 1. The highest BCUT2D eigenvalue weighted by atomic mass is 16.5. The second kappa shape index (κ2) is 6.24.